The smallest absolute Gasteiger partial charge is 0.311 e. The van der Waals surface area contributed by atoms with E-state index in [4.69, 9.17) is 4.74 Å². The van der Waals surface area contributed by atoms with E-state index < -0.39 is 0 Å². The molecule has 6 nitrogen and oxygen atoms in total. The van der Waals surface area contributed by atoms with Crippen molar-refractivity contribution in [3.05, 3.63) is 11.1 Å². The fraction of sp³-hybridized carbons (Fsp3) is 0.583. The summed E-state index contributed by atoms with van der Waals surface area (Å²) in [5.74, 6) is -0.183. The average Bonchev–Trinajstić information content (AvgIpc) is 2.71. The first kappa shape index (κ1) is 13.8. The summed E-state index contributed by atoms with van der Waals surface area (Å²) in [4.78, 5) is 29.1. The van der Waals surface area contributed by atoms with Crippen LogP contribution in [-0.4, -0.2) is 43.1 Å². The predicted molar refractivity (Wildman–Crippen MR) is 72.3 cm³/mol. The molecular formula is C12H17N3O3S. The molecule has 0 atom stereocenters. The van der Waals surface area contributed by atoms with Crippen LogP contribution in [0.1, 0.15) is 19.0 Å². The number of esters is 1. The van der Waals surface area contributed by atoms with E-state index in [-0.39, 0.29) is 18.3 Å². The van der Waals surface area contributed by atoms with Crippen molar-refractivity contribution in [3.8, 4) is 0 Å². The first-order valence-corrected chi connectivity index (χ1v) is 7.18. The first-order chi connectivity index (χ1) is 9.19. The summed E-state index contributed by atoms with van der Waals surface area (Å²) in [6, 6.07) is 0. The second-order valence-corrected chi connectivity index (χ2v) is 5.03. The molecule has 1 aromatic rings. The molecular weight excluding hydrogens is 266 g/mol. The quantitative estimate of drug-likeness (QED) is 0.818. The van der Waals surface area contributed by atoms with E-state index in [0.29, 0.717) is 26.1 Å². The highest BCUT2D eigenvalue weighted by molar-refractivity contribution is 7.13. The topological polar surface area (TPSA) is 71.5 Å². The van der Waals surface area contributed by atoms with Crippen LogP contribution in [0, 0.1) is 0 Å². The lowest BCUT2D eigenvalue weighted by atomic mass is 10.3. The van der Waals surface area contributed by atoms with Gasteiger partial charge < -0.3 is 15.0 Å². The number of ether oxygens (including phenoxy) is 1. The number of aromatic nitrogens is 1. The van der Waals surface area contributed by atoms with Crippen molar-refractivity contribution in [1.82, 2.24) is 10.3 Å². The molecule has 0 saturated carbocycles. The van der Waals surface area contributed by atoms with Crippen LogP contribution in [0.15, 0.2) is 5.38 Å². The Morgan fingerprint density at radius 3 is 3.21 bits per heavy atom. The van der Waals surface area contributed by atoms with E-state index in [1.165, 1.54) is 11.3 Å². The molecule has 1 fully saturated rings. The molecule has 0 radical (unpaired) electrons. The lowest BCUT2D eigenvalue weighted by Crippen LogP contribution is -2.28. The van der Waals surface area contributed by atoms with Crippen molar-refractivity contribution in [2.24, 2.45) is 0 Å². The first-order valence-electron chi connectivity index (χ1n) is 6.30. The number of hydrogen-bond donors (Lipinski definition) is 1. The summed E-state index contributed by atoms with van der Waals surface area (Å²) in [5, 5.41) is 5.55. The summed E-state index contributed by atoms with van der Waals surface area (Å²) in [5.41, 5.74) is 0.724. The molecule has 1 aromatic heterocycles. The molecule has 104 valence electrons. The zero-order valence-electron chi connectivity index (χ0n) is 10.8. The highest BCUT2D eigenvalue weighted by Crippen LogP contribution is 2.21. The van der Waals surface area contributed by atoms with E-state index in [0.717, 1.165) is 17.4 Å². The Kier molecular flexibility index (Phi) is 4.73. The van der Waals surface area contributed by atoms with Crippen molar-refractivity contribution in [3.63, 3.8) is 0 Å². The van der Waals surface area contributed by atoms with E-state index in [9.17, 15) is 9.59 Å². The van der Waals surface area contributed by atoms with Crippen LogP contribution in [0.3, 0.4) is 0 Å². The molecule has 1 amide bonds. The maximum absolute atomic E-state index is 11.4. The minimum absolute atomic E-state index is 0.0748. The zero-order valence-corrected chi connectivity index (χ0v) is 11.7. The van der Waals surface area contributed by atoms with Crippen LogP contribution in [0.2, 0.25) is 0 Å². The monoisotopic (exact) mass is 283 g/mol. The molecule has 7 heteroatoms. The Balaban J connectivity index is 1.96. The number of carbonyl (C=O) groups excluding carboxylic acids is 2. The number of nitrogens with zero attached hydrogens (tertiary/aromatic N) is 2. The van der Waals surface area contributed by atoms with Gasteiger partial charge >= 0.3 is 5.97 Å². The third-order valence-electron chi connectivity index (χ3n) is 2.75. The molecule has 2 rings (SSSR count). The summed E-state index contributed by atoms with van der Waals surface area (Å²) in [6.45, 7) is 4.21. The summed E-state index contributed by atoms with van der Waals surface area (Å²) < 4.78 is 4.89. The number of anilines is 1. The largest absolute Gasteiger partial charge is 0.466 e. The summed E-state index contributed by atoms with van der Waals surface area (Å²) in [6.07, 6.45) is 0.683. The van der Waals surface area contributed by atoms with Crippen LogP contribution < -0.4 is 10.2 Å². The predicted octanol–water partition coefficient (Wildman–Crippen LogP) is 0.575. The van der Waals surface area contributed by atoms with E-state index >= 15 is 0 Å². The fourth-order valence-electron chi connectivity index (χ4n) is 1.84. The minimum atomic E-state index is -0.257. The van der Waals surface area contributed by atoms with Crippen LogP contribution in [0.25, 0.3) is 0 Å². The van der Waals surface area contributed by atoms with Crippen molar-refractivity contribution in [2.45, 2.75) is 19.8 Å². The van der Waals surface area contributed by atoms with Crippen molar-refractivity contribution < 1.29 is 14.3 Å². The lowest BCUT2D eigenvalue weighted by molar-refractivity contribution is -0.142. The third-order valence-corrected chi connectivity index (χ3v) is 3.70. The van der Waals surface area contributed by atoms with Gasteiger partial charge in [0.15, 0.2) is 5.13 Å². The molecule has 0 aromatic carbocycles. The van der Waals surface area contributed by atoms with Crippen LogP contribution in [0.4, 0.5) is 5.13 Å². The summed E-state index contributed by atoms with van der Waals surface area (Å²) in [7, 11) is 0. The zero-order chi connectivity index (χ0) is 13.7. The second kappa shape index (κ2) is 6.51. The van der Waals surface area contributed by atoms with Gasteiger partial charge in [0, 0.05) is 31.4 Å². The third kappa shape index (κ3) is 3.92. The fourth-order valence-corrected chi connectivity index (χ4v) is 2.72. The molecule has 0 spiro atoms. The Morgan fingerprint density at radius 1 is 1.58 bits per heavy atom. The van der Waals surface area contributed by atoms with Gasteiger partial charge in [-0.05, 0) is 6.92 Å². The minimum Gasteiger partial charge on any atom is -0.466 e. The highest BCUT2D eigenvalue weighted by Gasteiger charge is 2.17. The number of thiazole rings is 1. The second-order valence-electron chi connectivity index (χ2n) is 4.19. The SMILES string of the molecule is CCOC(=O)Cc1csc(N2CCNC(=O)CC2)n1. The Bertz CT molecular complexity index is 461. The molecule has 1 aliphatic heterocycles. The van der Waals surface area contributed by atoms with Crippen molar-refractivity contribution >= 4 is 28.3 Å². The van der Waals surface area contributed by atoms with Gasteiger partial charge in [-0.3, -0.25) is 9.59 Å². The van der Waals surface area contributed by atoms with Gasteiger partial charge in [0.2, 0.25) is 5.91 Å². The van der Waals surface area contributed by atoms with Gasteiger partial charge in [0.05, 0.1) is 18.7 Å². The number of amides is 1. The van der Waals surface area contributed by atoms with Crippen molar-refractivity contribution in [2.75, 3.05) is 31.1 Å². The van der Waals surface area contributed by atoms with Gasteiger partial charge in [0.25, 0.3) is 0 Å². The van der Waals surface area contributed by atoms with Crippen LogP contribution in [-0.2, 0) is 20.7 Å². The van der Waals surface area contributed by atoms with Crippen LogP contribution >= 0.6 is 11.3 Å². The average molecular weight is 283 g/mol. The summed E-state index contributed by atoms with van der Waals surface area (Å²) >= 11 is 1.49. The van der Waals surface area contributed by atoms with E-state index in [2.05, 4.69) is 15.2 Å². The maximum atomic E-state index is 11.4. The molecule has 19 heavy (non-hydrogen) atoms. The molecule has 1 N–H and O–H groups in total. The van der Waals surface area contributed by atoms with Gasteiger partial charge in [-0.25, -0.2) is 4.98 Å². The van der Waals surface area contributed by atoms with E-state index in [1.807, 2.05) is 5.38 Å². The molecule has 1 saturated heterocycles. The lowest BCUT2D eigenvalue weighted by Gasteiger charge is -2.17. The highest BCUT2D eigenvalue weighted by atomic mass is 32.1. The van der Waals surface area contributed by atoms with Crippen molar-refractivity contribution in [1.29, 1.82) is 0 Å². The molecule has 0 bridgehead atoms. The van der Waals surface area contributed by atoms with Gasteiger partial charge in [-0.2, -0.15) is 0 Å². The number of hydrogen-bond acceptors (Lipinski definition) is 6. The normalized spacial score (nSPS) is 15.8. The number of nitrogens with one attached hydrogen (secondary N) is 1. The molecule has 2 heterocycles. The van der Waals surface area contributed by atoms with Gasteiger partial charge in [-0.15, -0.1) is 11.3 Å². The number of rotatable bonds is 4. The number of carbonyl (C=O) groups is 2. The van der Waals surface area contributed by atoms with Gasteiger partial charge in [-0.1, -0.05) is 0 Å². The molecule has 0 unspecified atom stereocenters. The molecule has 0 aliphatic carbocycles. The maximum Gasteiger partial charge on any atom is 0.311 e. The Hall–Kier alpha value is -1.63. The Morgan fingerprint density at radius 2 is 2.42 bits per heavy atom. The van der Waals surface area contributed by atoms with Crippen LogP contribution in [0.5, 0.6) is 0 Å². The Labute approximate surface area is 115 Å². The van der Waals surface area contributed by atoms with Gasteiger partial charge in [0.1, 0.15) is 0 Å². The van der Waals surface area contributed by atoms with E-state index in [1.54, 1.807) is 6.92 Å². The molecule has 1 aliphatic rings. The standard InChI is InChI=1S/C12H17N3O3S/c1-2-18-11(17)7-9-8-19-12(14-9)15-5-3-10(16)13-4-6-15/h8H,2-7H2,1H3,(H,13,16).